The molecular weight excluding hydrogens is 489 g/mol. The molecule has 0 saturated heterocycles. The highest BCUT2D eigenvalue weighted by Crippen LogP contribution is 2.36. The third-order valence-electron chi connectivity index (χ3n) is 6.72. The molecule has 197 valence electrons. The van der Waals surface area contributed by atoms with E-state index in [2.05, 4.69) is 44.5 Å². The molecule has 5 rings (SSSR count). The molecule has 0 aliphatic carbocycles. The summed E-state index contributed by atoms with van der Waals surface area (Å²) in [5.74, 6) is 8.84. The lowest BCUT2D eigenvalue weighted by atomic mass is 9.93. The molecule has 0 bridgehead atoms. The number of anilines is 1. The van der Waals surface area contributed by atoms with Gasteiger partial charge in [0.1, 0.15) is 29.6 Å². The monoisotopic (exact) mass is 521 g/mol. The van der Waals surface area contributed by atoms with Crippen molar-refractivity contribution in [1.82, 2.24) is 9.79 Å². The number of rotatable bonds is 9. The Morgan fingerprint density at radius 2 is 1.90 bits per heavy atom. The Morgan fingerprint density at radius 1 is 1.08 bits per heavy atom. The van der Waals surface area contributed by atoms with Gasteiger partial charge in [-0.05, 0) is 60.5 Å². The number of nitrogens with zero attached hydrogens (tertiary/aromatic N) is 4. The molecule has 2 aliphatic heterocycles. The van der Waals surface area contributed by atoms with Crippen molar-refractivity contribution in [2.24, 2.45) is 15.9 Å². The van der Waals surface area contributed by atoms with Crippen LogP contribution in [0.5, 0.6) is 11.5 Å². The number of aromatic nitrogens is 1. The number of allylic oxidation sites excluding steroid dienone is 1. The van der Waals surface area contributed by atoms with Crippen LogP contribution in [-0.2, 0) is 6.54 Å². The maximum absolute atomic E-state index is 6.00. The predicted molar refractivity (Wildman–Crippen MR) is 158 cm³/mol. The first-order chi connectivity index (χ1) is 19.1. The van der Waals surface area contributed by atoms with Crippen LogP contribution < -0.4 is 26.4 Å². The summed E-state index contributed by atoms with van der Waals surface area (Å²) in [6.07, 6.45) is 7.64. The lowest BCUT2D eigenvalue weighted by Crippen LogP contribution is -2.36. The summed E-state index contributed by atoms with van der Waals surface area (Å²) in [7, 11) is 5.37. The first-order valence-electron chi connectivity index (χ1n) is 12.8. The van der Waals surface area contributed by atoms with Crippen LogP contribution >= 0.6 is 0 Å². The smallest absolute Gasteiger partial charge is 0.497 e. The SMILES string of the molecule is CCCC(C=Nc1ccc2n1[B][N+]1=C(NCc3cc(OC)ccc3OC)C=CC1=C2c1ccc(N)cc1)=NN. The Balaban J connectivity index is 1.55. The fourth-order valence-corrected chi connectivity index (χ4v) is 4.75. The Labute approximate surface area is 229 Å². The van der Waals surface area contributed by atoms with E-state index in [1.165, 1.54) is 0 Å². The molecule has 0 fully saturated rings. The second kappa shape index (κ2) is 11.3. The number of amidine groups is 1. The molecule has 1 aromatic heterocycles. The summed E-state index contributed by atoms with van der Waals surface area (Å²) >= 11 is 0. The van der Waals surface area contributed by atoms with Crippen molar-refractivity contribution in [2.75, 3.05) is 20.0 Å². The molecule has 0 atom stereocenters. The Hall–Kier alpha value is -4.73. The zero-order valence-electron chi connectivity index (χ0n) is 22.4. The van der Waals surface area contributed by atoms with Gasteiger partial charge in [-0.1, -0.05) is 25.5 Å². The largest absolute Gasteiger partial charge is 0.553 e. The maximum atomic E-state index is 6.00. The van der Waals surface area contributed by atoms with Crippen LogP contribution in [0.1, 0.15) is 36.6 Å². The van der Waals surface area contributed by atoms with Gasteiger partial charge in [0.25, 0.3) is 5.84 Å². The normalized spacial score (nSPS) is 14.5. The van der Waals surface area contributed by atoms with Crippen LogP contribution in [-0.4, -0.2) is 48.5 Å². The van der Waals surface area contributed by atoms with Gasteiger partial charge >= 0.3 is 7.55 Å². The van der Waals surface area contributed by atoms with Gasteiger partial charge in [-0.3, -0.25) is 9.80 Å². The number of hydrogen-bond donors (Lipinski definition) is 3. The van der Waals surface area contributed by atoms with Crippen LogP contribution in [0.25, 0.3) is 5.57 Å². The quantitative estimate of drug-likeness (QED) is 0.130. The number of hydrogen-bond acceptors (Lipinski definition) is 7. The minimum Gasteiger partial charge on any atom is -0.497 e. The highest BCUT2D eigenvalue weighted by Gasteiger charge is 2.34. The van der Waals surface area contributed by atoms with E-state index in [1.54, 1.807) is 20.4 Å². The molecule has 1 radical (unpaired) electrons. The number of hydrazone groups is 1. The van der Waals surface area contributed by atoms with Crippen molar-refractivity contribution in [1.29, 1.82) is 0 Å². The average molecular weight is 521 g/mol. The minimum absolute atomic E-state index is 0.547. The number of nitrogens with one attached hydrogen (secondary N) is 1. The minimum atomic E-state index is 0.547. The number of aliphatic imine (C=N–C) groups is 1. The van der Waals surface area contributed by atoms with E-state index in [4.69, 9.17) is 26.0 Å². The molecule has 0 unspecified atom stereocenters. The number of benzene rings is 2. The summed E-state index contributed by atoms with van der Waals surface area (Å²) in [5.41, 5.74) is 12.7. The number of fused-ring (bicyclic) bond motifs is 2. The van der Waals surface area contributed by atoms with Crippen LogP contribution in [0, 0.1) is 0 Å². The highest BCUT2D eigenvalue weighted by molar-refractivity contribution is 6.32. The summed E-state index contributed by atoms with van der Waals surface area (Å²) in [6, 6.07) is 17.8. The molecule has 5 N–H and O–H groups in total. The zero-order chi connectivity index (χ0) is 27.4. The maximum Gasteiger partial charge on any atom is 0.553 e. The Kier molecular flexibility index (Phi) is 7.54. The van der Waals surface area contributed by atoms with Gasteiger partial charge in [-0.2, -0.15) is 5.10 Å². The predicted octanol–water partition coefficient (Wildman–Crippen LogP) is 3.83. The van der Waals surface area contributed by atoms with E-state index in [0.717, 1.165) is 75.5 Å². The zero-order valence-corrected chi connectivity index (χ0v) is 22.4. The van der Waals surface area contributed by atoms with Crippen molar-refractivity contribution in [3.63, 3.8) is 0 Å². The van der Waals surface area contributed by atoms with Crippen LogP contribution in [0.4, 0.5) is 11.5 Å². The van der Waals surface area contributed by atoms with Crippen LogP contribution in [0.15, 0.2) is 82.5 Å². The summed E-state index contributed by atoms with van der Waals surface area (Å²) in [6.45, 7) is 2.63. The van der Waals surface area contributed by atoms with E-state index in [1.807, 2.05) is 56.1 Å². The molecule has 2 aliphatic rings. The van der Waals surface area contributed by atoms with E-state index in [-0.39, 0.29) is 0 Å². The lowest BCUT2D eigenvalue weighted by molar-refractivity contribution is -0.315. The van der Waals surface area contributed by atoms with Crippen molar-refractivity contribution in [3.8, 4) is 11.5 Å². The highest BCUT2D eigenvalue weighted by atomic mass is 16.5. The molecule has 0 spiro atoms. The molecular formula is C29H32BN7O2+. The molecule has 0 saturated carbocycles. The number of nitrogen functional groups attached to an aromatic ring is 1. The standard InChI is InChI=1S/C29H32BN7O2/c1-4-5-22(35-32)18-34-28-15-12-25-29(19-6-8-21(31)9-7-19)24-11-14-27(36(24)30-37(25)28)33-17-20-16-23(38-2)10-13-26(20)39-3/h6-16,18,33H,4-5,17,31-32H2,1-3H3/q+1. The molecule has 39 heavy (non-hydrogen) atoms. The second-order valence-corrected chi connectivity index (χ2v) is 9.19. The van der Waals surface area contributed by atoms with E-state index < -0.39 is 0 Å². The first kappa shape index (κ1) is 25.9. The van der Waals surface area contributed by atoms with Crippen molar-refractivity contribution < 1.29 is 14.0 Å². The van der Waals surface area contributed by atoms with Gasteiger partial charge < -0.3 is 25.5 Å². The fourth-order valence-electron chi connectivity index (χ4n) is 4.75. The summed E-state index contributed by atoms with van der Waals surface area (Å²) < 4.78 is 15.2. The van der Waals surface area contributed by atoms with E-state index >= 15 is 0 Å². The third kappa shape index (κ3) is 5.18. The molecule has 3 heterocycles. The lowest BCUT2D eigenvalue weighted by Gasteiger charge is -2.21. The number of nitrogens with two attached hydrogens (primary N) is 2. The van der Waals surface area contributed by atoms with Crippen molar-refractivity contribution in [3.05, 3.63) is 89.3 Å². The van der Waals surface area contributed by atoms with Crippen molar-refractivity contribution in [2.45, 2.75) is 26.3 Å². The van der Waals surface area contributed by atoms with Gasteiger partial charge in [-0.25, -0.2) is 4.99 Å². The summed E-state index contributed by atoms with van der Waals surface area (Å²) in [4.78, 5) is 4.73. The first-order valence-corrected chi connectivity index (χ1v) is 12.8. The molecule has 0 amide bonds. The van der Waals surface area contributed by atoms with Gasteiger partial charge in [-0.15, -0.1) is 0 Å². The van der Waals surface area contributed by atoms with Gasteiger partial charge in [0.05, 0.1) is 26.1 Å². The Bertz CT molecular complexity index is 1530. The van der Waals surface area contributed by atoms with Crippen molar-refractivity contribution >= 4 is 42.4 Å². The molecule has 2 aromatic carbocycles. The van der Waals surface area contributed by atoms with Crippen LogP contribution in [0.2, 0.25) is 0 Å². The van der Waals surface area contributed by atoms with E-state index in [9.17, 15) is 0 Å². The topological polar surface area (TPSA) is 115 Å². The Morgan fingerprint density at radius 3 is 2.62 bits per heavy atom. The van der Waals surface area contributed by atoms with E-state index in [0.29, 0.717) is 6.54 Å². The number of methoxy groups -OCH3 is 2. The van der Waals surface area contributed by atoms with Gasteiger partial charge in [0, 0.05) is 28.6 Å². The molecule has 3 aromatic rings. The molecule has 9 nitrogen and oxygen atoms in total. The number of ether oxygens (including phenoxy) is 2. The van der Waals surface area contributed by atoms with Crippen LogP contribution in [0.3, 0.4) is 0 Å². The third-order valence-corrected chi connectivity index (χ3v) is 6.72. The van der Waals surface area contributed by atoms with Gasteiger partial charge in [0.15, 0.2) is 0 Å². The molecule has 10 heteroatoms. The fraction of sp³-hybridized carbons (Fsp3) is 0.207. The van der Waals surface area contributed by atoms with Gasteiger partial charge in [0.2, 0.25) is 0 Å². The summed E-state index contributed by atoms with van der Waals surface area (Å²) in [5, 5.41) is 7.45. The average Bonchev–Trinajstić information content (AvgIpc) is 3.57. The second-order valence-electron chi connectivity index (χ2n) is 9.19.